The Morgan fingerprint density at radius 3 is 1.29 bits per heavy atom. The minimum atomic E-state index is 1.10. The molecular formula is C28H45. The zero-order valence-electron chi connectivity index (χ0n) is 18.4. The SMILES string of the molecule is [C]1=C/C=C\C=C/C=C\C=C\CCCCCCCCCCCCCCCCCC/1. The molecule has 1 aliphatic carbocycles. The third kappa shape index (κ3) is 19.5. The van der Waals surface area contributed by atoms with Gasteiger partial charge in [0.05, 0.1) is 0 Å². The van der Waals surface area contributed by atoms with Gasteiger partial charge in [-0.25, -0.2) is 0 Å². The van der Waals surface area contributed by atoms with Crippen LogP contribution in [0.1, 0.15) is 116 Å². The van der Waals surface area contributed by atoms with Crippen molar-refractivity contribution in [3.8, 4) is 0 Å². The van der Waals surface area contributed by atoms with Gasteiger partial charge in [-0.3, -0.25) is 0 Å². The van der Waals surface area contributed by atoms with Crippen molar-refractivity contribution in [2.75, 3.05) is 0 Å². The van der Waals surface area contributed by atoms with Crippen molar-refractivity contribution in [3.63, 3.8) is 0 Å². The molecule has 0 saturated heterocycles. The van der Waals surface area contributed by atoms with E-state index in [0.717, 1.165) is 6.42 Å². The minimum absolute atomic E-state index is 1.10. The lowest BCUT2D eigenvalue weighted by Gasteiger charge is -2.03. The summed E-state index contributed by atoms with van der Waals surface area (Å²) in [5, 5.41) is 0. The first-order chi connectivity index (χ1) is 14.0. The van der Waals surface area contributed by atoms with Gasteiger partial charge in [-0.2, -0.15) is 0 Å². The molecule has 0 nitrogen and oxygen atoms in total. The van der Waals surface area contributed by atoms with Crippen LogP contribution in [0.3, 0.4) is 0 Å². The minimum Gasteiger partial charge on any atom is -0.0845 e. The first-order valence-corrected chi connectivity index (χ1v) is 12.2. The fourth-order valence-corrected chi connectivity index (χ4v) is 3.67. The molecule has 0 fully saturated rings. The molecule has 0 heteroatoms. The van der Waals surface area contributed by atoms with Crippen LogP contribution in [0.15, 0.2) is 54.7 Å². The maximum Gasteiger partial charge on any atom is -0.0276 e. The van der Waals surface area contributed by atoms with Crippen LogP contribution in [0, 0.1) is 6.08 Å². The fraction of sp³-hybridized carbons (Fsp3) is 0.643. The molecular weight excluding hydrogens is 336 g/mol. The van der Waals surface area contributed by atoms with Crippen molar-refractivity contribution in [1.29, 1.82) is 0 Å². The molecule has 0 heterocycles. The highest BCUT2D eigenvalue weighted by Gasteiger charge is 1.94. The van der Waals surface area contributed by atoms with Gasteiger partial charge in [0.15, 0.2) is 0 Å². The monoisotopic (exact) mass is 381 g/mol. The van der Waals surface area contributed by atoms with Gasteiger partial charge in [0.1, 0.15) is 0 Å². The van der Waals surface area contributed by atoms with Crippen LogP contribution in [0.5, 0.6) is 0 Å². The number of rotatable bonds is 0. The van der Waals surface area contributed by atoms with E-state index in [-0.39, 0.29) is 0 Å². The second kappa shape index (κ2) is 22.0. The van der Waals surface area contributed by atoms with E-state index in [4.69, 9.17) is 0 Å². The summed E-state index contributed by atoms with van der Waals surface area (Å²) in [6.07, 6.45) is 47.5. The molecule has 0 saturated carbocycles. The van der Waals surface area contributed by atoms with Crippen LogP contribution in [0.25, 0.3) is 0 Å². The molecule has 1 radical (unpaired) electrons. The number of hydrogen-bond donors (Lipinski definition) is 0. The summed E-state index contributed by atoms with van der Waals surface area (Å²) in [6.45, 7) is 0. The van der Waals surface area contributed by atoms with E-state index in [1.165, 1.54) is 109 Å². The molecule has 0 aromatic rings. The third-order valence-corrected chi connectivity index (χ3v) is 5.46. The maximum atomic E-state index is 3.38. The molecule has 0 aromatic carbocycles. The molecule has 28 heavy (non-hydrogen) atoms. The van der Waals surface area contributed by atoms with E-state index in [9.17, 15) is 0 Å². The van der Waals surface area contributed by atoms with Crippen LogP contribution in [-0.4, -0.2) is 0 Å². The molecule has 0 spiro atoms. The molecule has 1 rings (SSSR count). The lowest BCUT2D eigenvalue weighted by Crippen LogP contribution is -1.84. The Balaban J connectivity index is 2.21. The van der Waals surface area contributed by atoms with Gasteiger partial charge >= 0.3 is 0 Å². The number of allylic oxidation sites excluding steroid dienone is 10. The Labute approximate surface area is 176 Å². The molecule has 0 aromatic heterocycles. The number of hydrogen-bond acceptors (Lipinski definition) is 0. The summed E-state index contributed by atoms with van der Waals surface area (Å²) in [4.78, 5) is 0. The lowest BCUT2D eigenvalue weighted by atomic mass is 10.0. The van der Waals surface area contributed by atoms with Gasteiger partial charge in [0, 0.05) is 0 Å². The predicted molar refractivity (Wildman–Crippen MR) is 127 cm³/mol. The normalized spacial score (nSPS) is 26.9. The van der Waals surface area contributed by atoms with Crippen molar-refractivity contribution in [3.05, 3.63) is 60.8 Å². The summed E-state index contributed by atoms with van der Waals surface area (Å²) in [6, 6.07) is 0. The quantitative estimate of drug-likeness (QED) is 0.392. The Kier molecular flexibility index (Phi) is 19.4. The van der Waals surface area contributed by atoms with E-state index in [2.05, 4.69) is 60.8 Å². The lowest BCUT2D eigenvalue weighted by molar-refractivity contribution is 0.528. The molecule has 0 amide bonds. The second-order valence-electron chi connectivity index (χ2n) is 8.15. The molecule has 0 bridgehead atoms. The summed E-state index contributed by atoms with van der Waals surface area (Å²) < 4.78 is 0. The van der Waals surface area contributed by atoms with E-state index < -0.39 is 0 Å². The van der Waals surface area contributed by atoms with Gasteiger partial charge in [-0.15, -0.1) is 0 Å². The highest BCUT2D eigenvalue weighted by atomic mass is 14.0. The average molecular weight is 382 g/mol. The van der Waals surface area contributed by atoms with Crippen molar-refractivity contribution in [1.82, 2.24) is 0 Å². The van der Waals surface area contributed by atoms with Crippen LogP contribution >= 0.6 is 0 Å². The molecule has 0 N–H and O–H groups in total. The molecule has 1 aliphatic rings. The van der Waals surface area contributed by atoms with Crippen LogP contribution in [0.4, 0.5) is 0 Å². The highest BCUT2D eigenvalue weighted by Crippen LogP contribution is 2.14. The van der Waals surface area contributed by atoms with Gasteiger partial charge in [-0.1, -0.05) is 145 Å². The van der Waals surface area contributed by atoms with Crippen LogP contribution < -0.4 is 0 Å². The van der Waals surface area contributed by atoms with Crippen molar-refractivity contribution < 1.29 is 0 Å². The predicted octanol–water partition coefficient (Wildman–Crippen LogP) is 9.61. The second-order valence-corrected chi connectivity index (χ2v) is 8.15. The van der Waals surface area contributed by atoms with Crippen molar-refractivity contribution >= 4 is 0 Å². The summed E-state index contributed by atoms with van der Waals surface area (Å²) in [5.74, 6) is 0. The Bertz CT molecular complexity index is 405. The molecule has 0 atom stereocenters. The van der Waals surface area contributed by atoms with Crippen molar-refractivity contribution in [2.24, 2.45) is 0 Å². The first kappa shape index (κ1) is 24.7. The highest BCUT2D eigenvalue weighted by molar-refractivity contribution is 5.17. The van der Waals surface area contributed by atoms with Gasteiger partial charge in [0.25, 0.3) is 0 Å². The summed E-state index contributed by atoms with van der Waals surface area (Å²) >= 11 is 0. The zero-order chi connectivity index (χ0) is 19.8. The van der Waals surface area contributed by atoms with Gasteiger partial charge < -0.3 is 0 Å². The summed E-state index contributed by atoms with van der Waals surface area (Å²) in [7, 11) is 0. The smallest absolute Gasteiger partial charge is 0.0276 e. The first-order valence-electron chi connectivity index (χ1n) is 12.2. The van der Waals surface area contributed by atoms with Crippen LogP contribution in [-0.2, 0) is 0 Å². The van der Waals surface area contributed by atoms with E-state index >= 15 is 0 Å². The zero-order valence-corrected chi connectivity index (χ0v) is 18.4. The van der Waals surface area contributed by atoms with E-state index in [1.807, 2.05) is 0 Å². The van der Waals surface area contributed by atoms with E-state index in [0.29, 0.717) is 0 Å². The fourth-order valence-electron chi connectivity index (χ4n) is 3.67. The Hall–Kier alpha value is -1.30. The maximum absolute atomic E-state index is 3.38. The summed E-state index contributed by atoms with van der Waals surface area (Å²) in [5.41, 5.74) is 0. The van der Waals surface area contributed by atoms with Crippen LogP contribution in [0.2, 0.25) is 0 Å². The topological polar surface area (TPSA) is 0 Å². The largest absolute Gasteiger partial charge is 0.0845 e. The molecule has 0 aliphatic heterocycles. The average Bonchev–Trinajstić information content (AvgIpc) is 2.71. The van der Waals surface area contributed by atoms with Crippen molar-refractivity contribution in [2.45, 2.75) is 116 Å². The molecule has 157 valence electrons. The Morgan fingerprint density at radius 2 is 0.750 bits per heavy atom. The van der Waals surface area contributed by atoms with Gasteiger partial charge in [-0.05, 0) is 31.8 Å². The standard InChI is InChI=1S/C28H45/c1-2-4-6-8-10-12-14-16-18-20-22-24-26-28-27-25-23-21-19-17-15-13-11-9-7-5-3-1/h1-9H,10,12-28H2/b3-1-,4-2-,7-5-,8-6+,11-9?. The Morgan fingerprint density at radius 1 is 0.357 bits per heavy atom. The molecule has 0 unspecified atom stereocenters. The van der Waals surface area contributed by atoms with Gasteiger partial charge in [0.2, 0.25) is 0 Å². The van der Waals surface area contributed by atoms with E-state index in [1.54, 1.807) is 0 Å². The third-order valence-electron chi connectivity index (χ3n) is 5.46.